The van der Waals surface area contributed by atoms with Crippen LogP contribution < -0.4 is 10.6 Å². The highest BCUT2D eigenvalue weighted by atomic mass is 19.4. The molecule has 2 aromatic rings. The maximum Gasteiger partial charge on any atom is 0.416 e. The first-order valence-electron chi connectivity index (χ1n) is 10.9. The summed E-state index contributed by atoms with van der Waals surface area (Å²) in [4.78, 5) is 40.8. The Morgan fingerprint density at radius 2 is 1.53 bits per heavy atom. The zero-order valence-electron chi connectivity index (χ0n) is 19.0. The Balaban J connectivity index is 1.55. The number of carbonyl (C=O) groups excluding carboxylic acids is 3. The summed E-state index contributed by atoms with van der Waals surface area (Å²) in [6, 6.07) is 10.5. The molecule has 1 aliphatic rings. The number of halogens is 3. The molecule has 7 nitrogen and oxygen atoms in total. The molecular weight excluding hydrogens is 449 g/mol. The molecule has 182 valence electrons. The molecule has 10 heteroatoms. The number of amides is 3. The molecule has 1 saturated heterocycles. The Labute approximate surface area is 195 Å². The van der Waals surface area contributed by atoms with Crippen LogP contribution in [0.25, 0.3) is 0 Å². The van der Waals surface area contributed by atoms with Gasteiger partial charge in [0, 0.05) is 49.0 Å². The first-order valence-corrected chi connectivity index (χ1v) is 10.9. The second kappa shape index (κ2) is 10.7. The molecule has 0 unspecified atom stereocenters. The van der Waals surface area contributed by atoms with Crippen molar-refractivity contribution in [1.29, 1.82) is 0 Å². The van der Waals surface area contributed by atoms with Crippen LogP contribution in [0, 0.1) is 5.92 Å². The first kappa shape index (κ1) is 25.2. The van der Waals surface area contributed by atoms with Gasteiger partial charge in [-0.2, -0.15) is 13.2 Å². The minimum Gasteiger partial charge on any atom is -0.340 e. The molecule has 2 N–H and O–H groups in total. The lowest BCUT2D eigenvalue weighted by atomic mass is 10.1. The fraction of sp³-hybridized carbons (Fsp3) is 0.375. The van der Waals surface area contributed by atoms with E-state index in [1.807, 2.05) is 18.7 Å². The van der Waals surface area contributed by atoms with Crippen LogP contribution in [0.4, 0.5) is 24.5 Å². The Hall–Kier alpha value is -3.40. The minimum atomic E-state index is -4.51. The van der Waals surface area contributed by atoms with Gasteiger partial charge < -0.3 is 15.5 Å². The summed E-state index contributed by atoms with van der Waals surface area (Å²) >= 11 is 0. The lowest BCUT2D eigenvalue weighted by molar-refractivity contribution is -0.138. The van der Waals surface area contributed by atoms with Crippen LogP contribution in [-0.2, 0) is 15.8 Å². The van der Waals surface area contributed by atoms with E-state index in [4.69, 9.17) is 0 Å². The Morgan fingerprint density at radius 1 is 0.912 bits per heavy atom. The number of nitrogens with one attached hydrogen (secondary N) is 2. The number of carbonyl (C=O) groups is 3. The Bertz CT molecular complexity index is 1050. The summed E-state index contributed by atoms with van der Waals surface area (Å²) in [6.07, 6.45) is -4.51. The number of hydrogen-bond donors (Lipinski definition) is 2. The van der Waals surface area contributed by atoms with Crippen molar-refractivity contribution in [2.45, 2.75) is 20.0 Å². The number of anilines is 2. The van der Waals surface area contributed by atoms with E-state index in [0.29, 0.717) is 31.9 Å². The third-order valence-electron chi connectivity index (χ3n) is 5.40. The van der Waals surface area contributed by atoms with E-state index < -0.39 is 17.6 Å². The van der Waals surface area contributed by atoms with E-state index in [9.17, 15) is 27.6 Å². The van der Waals surface area contributed by atoms with Gasteiger partial charge in [-0.1, -0.05) is 26.0 Å². The SMILES string of the molecule is CC(C)C(=O)N1CCN(CC(=O)Nc2cccc(C(=O)Nc3cccc(C(F)(F)F)c3)c2)CC1. The summed E-state index contributed by atoms with van der Waals surface area (Å²) < 4.78 is 38.7. The number of alkyl halides is 3. The zero-order chi connectivity index (χ0) is 24.9. The van der Waals surface area contributed by atoms with E-state index in [2.05, 4.69) is 10.6 Å². The van der Waals surface area contributed by atoms with Gasteiger partial charge in [0.05, 0.1) is 12.1 Å². The van der Waals surface area contributed by atoms with E-state index in [-0.39, 0.29) is 35.5 Å². The van der Waals surface area contributed by atoms with Crippen LogP contribution in [0.15, 0.2) is 48.5 Å². The van der Waals surface area contributed by atoms with Crippen molar-refractivity contribution < 1.29 is 27.6 Å². The standard InChI is InChI=1S/C24H27F3N4O3/c1-16(2)23(34)31-11-9-30(10-12-31)15-21(32)28-19-7-3-5-17(13-19)22(33)29-20-8-4-6-18(14-20)24(25,26)27/h3-8,13-14,16H,9-12,15H2,1-2H3,(H,28,32)(H,29,33). The van der Waals surface area contributed by atoms with Gasteiger partial charge in [-0.25, -0.2) is 0 Å². The maximum atomic E-state index is 12.9. The van der Waals surface area contributed by atoms with Gasteiger partial charge in [0.1, 0.15) is 0 Å². The number of rotatable bonds is 6. The van der Waals surface area contributed by atoms with Crippen molar-refractivity contribution in [2.75, 3.05) is 43.4 Å². The van der Waals surface area contributed by atoms with Crippen molar-refractivity contribution in [3.05, 3.63) is 59.7 Å². The molecule has 3 amide bonds. The minimum absolute atomic E-state index is 0.0179. The van der Waals surface area contributed by atoms with Crippen LogP contribution >= 0.6 is 0 Å². The second-order valence-electron chi connectivity index (χ2n) is 8.42. The summed E-state index contributed by atoms with van der Waals surface area (Å²) in [5, 5.41) is 5.19. The molecule has 0 aliphatic carbocycles. The second-order valence-corrected chi connectivity index (χ2v) is 8.42. The molecule has 34 heavy (non-hydrogen) atoms. The molecule has 0 radical (unpaired) electrons. The Kier molecular flexibility index (Phi) is 7.93. The summed E-state index contributed by atoms with van der Waals surface area (Å²) in [5.41, 5.74) is -0.253. The molecular formula is C24H27F3N4O3. The van der Waals surface area contributed by atoms with Gasteiger partial charge in [-0.15, -0.1) is 0 Å². The van der Waals surface area contributed by atoms with E-state index >= 15 is 0 Å². The van der Waals surface area contributed by atoms with Gasteiger partial charge in [0.2, 0.25) is 11.8 Å². The van der Waals surface area contributed by atoms with Crippen LogP contribution in [0.5, 0.6) is 0 Å². The van der Waals surface area contributed by atoms with Crippen molar-refractivity contribution >= 4 is 29.1 Å². The lowest BCUT2D eigenvalue weighted by Gasteiger charge is -2.35. The molecule has 0 spiro atoms. The average molecular weight is 476 g/mol. The van der Waals surface area contributed by atoms with Gasteiger partial charge in [-0.05, 0) is 36.4 Å². The fourth-order valence-electron chi connectivity index (χ4n) is 3.61. The predicted molar refractivity (Wildman–Crippen MR) is 122 cm³/mol. The van der Waals surface area contributed by atoms with Crippen LogP contribution in [0.1, 0.15) is 29.8 Å². The van der Waals surface area contributed by atoms with Crippen LogP contribution in [0.3, 0.4) is 0 Å². The van der Waals surface area contributed by atoms with Crippen molar-refractivity contribution in [3.63, 3.8) is 0 Å². The molecule has 2 aromatic carbocycles. The molecule has 0 saturated carbocycles. The average Bonchev–Trinajstić information content (AvgIpc) is 2.78. The van der Waals surface area contributed by atoms with Crippen LogP contribution in [-0.4, -0.2) is 60.2 Å². The maximum absolute atomic E-state index is 12.9. The monoisotopic (exact) mass is 476 g/mol. The Morgan fingerprint density at radius 3 is 2.15 bits per heavy atom. The normalized spacial score (nSPS) is 14.7. The highest BCUT2D eigenvalue weighted by Gasteiger charge is 2.30. The third kappa shape index (κ3) is 6.80. The molecule has 0 aromatic heterocycles. The van der Waals surface area contributed by atoms with Crippen molar-refractivity contribution in [1.82, 2.24) is 9.80 Å². The topological polar surface area (TPSA) is 81.8 Å². The van der Waals surface area contributed by atoms with Crippen LogP contribution in [0.2, 0.25) is 0 Å². The van der Waals surface area contributed by atoms with Gasteiger partial charge in [0.25, 0.3) is 5.91 Å². The number of nitrogens with zero attached hydrogens (tertiary/aromatic N) is 2. The first-order chi connectivity index (χ1) is 16.0. The number of hydrogen-bond acceptors (Lipinski definition) is 4. The highest BCUT2D eigenvalue weighted by Crippen LogP contribution is 2.30. The van der Waals surface area contributed by atoms with E-state index in [1.165, 1.54) is 24.3 Å². The van der Waals surface area contributed by atoms with E-state index in [1.54, 1.807) is 17.0 Å². The summed E-state index contributed by atoms with van der Waals surface area (Å²) in [7, 11) is 0. The highest BCUT2D eigenvalue weighted by molar-refractivity contribution is 6.05. The smallest absolute Gasteiger partial charge is 0.340 e. The zero-order valence-corrected chi connectivity index (χ0v) is 19.0. The van der Waals surface area contributed by atoms with Crippen molar-refractivity contribution in [3.8, 4) is 0 Å². The molecule has 0 bridgehead atoms. The van der Waals surface area contributed by atoms with Gasteiger partial charge >= 0.3 is 6.18 Å². The van der Waals surface area contributed by atoms with E-state index in [0.717, 1.165) is 12.1 Å². The summed E-state index contributed by atoms with van der Waals surface area (Å²) in [6.45, 7) is 6.16. The fourth-order valence-corrected chi connectivity index (χ4v) is 3.61. The predicted octanol–water partition coefficient (Wildman–Crippen LogP) is 3.70. The lowest BCUT2D eigenvalue weighted by Crippen LogP contribution is -2.51. The van der Waals surface area contributed by atoms with Gasteiger partial charge in [-0.3, -0.25) is 19.3 Å². The number of benzene rings is 2. The largest absolute Gasteiger partial charge is 0.416 e. The molecule has 3 rings (SSSR count). The summed E-state index contributed by atoms with van der Waals surface area (Å²) in [5.74, 6) is -0.822. The number of piperazine rings is 1. The van der Waals surface area contributed by atoms with Crippen molar-refractivity contribution in [2.24, 2.45) is 5.92 Å². The molecule has 0 atom stereocenters. The third-order valence-corrected chi connectivity index (χ3v) is 5.40. The quantitative estimate of drug-likeness (QED) is 0.666. The molecule has 1 heterocycles. The molecule has 1 aliphatic heterocycles. The van der Waals surface area contributed by atoms with Gasteiger partial charge in [0.15, 0.2) is 0 Å². The molecule has 1 fully saturated rings.